The predicted molar refractivity (Wildman–Crippen MR) is 88.4 cm³/mol. The molecule has 1 rings (SSSR count). The molecule has 0 aromatic heterocycles. The molecule has 0 spiro atoms. The summed E-state index contributed by atoms with van der Waals surface area (Å²) in [6.07, 6.45) is 3.12. The summed E-state index contributed by atoms with van der Waals surface area (Å²) in [4.78, 5) is -1.90. The van der Waals surface area contributed by atoms with Gasteiger partial charge < -0.3 is 10.2 Å². The Hall–Kier alpha value is -0.560. The van der Waals surface area contributed by atoms with Crippen molar-refractivity contribution in [3.8, 4) is 0 Å². The summed E-state index contributed by atoms with van der Waals surface area (Å²) >= 11 is 0.476. The fourth-order valence-electron chi connectivity index (χ4n) is 2.21. The molecule has 0 heterocycles. The zero-order valence-electron chi connectivity index (χ0n) is 13.7. The summed E-state index contributed by atoms with van der Waals surface area (Å²) in [5.41, 5.74) is 0. The van der Waals surface area contributed by atoms with E-state index in [0.29, 0.717) is 50.3 Å². The second kappa shape index (κ2) is 12.8. The van der Waals surface area contributed by atoms with E-state index in [0.717, 1.165) is 0 Å². The highest BCUT2D eigenvalue weighted by molar-refractivity contribution is 8.00. The average molecular weight is 420 g/mol. The maximum absolute atomic E-state index is 14.2. The second-order valence-corrected chi connectivity index (χ2v) is 7.34. The van der Waals surface area contributed by atoms with Crippen molar-refractivity contribution < 1.29 is 42.4 Å². The molecule has 5 nitrogen and oxygen atoms in total. The lowest BCUT2D eigenvalue weighted by Crippen LogP contribution is -2.08. The highest BCUT2D eigenvalue weighted by Crippen LogP contribution is 2.39. The Kier molecular flexibility index (Phi) is 11.5. The molecule has 150 valence electrons. The normalized spacial score (nSPS) is 11.5. The van der Waals surface area contributed by atoms with Crippen LogP contribution in [-0.2, 0) is 9.37 Å². The van der Waals surface area contributed by atoms with E-state index in [9.17, 15) is 17.6 Å². The molecular formula is C15H20F4O5S2. The van der Waals surface area contributed by atoms with E-state index in [2.05, 4.69) is 9.37 Å². The lowest BCUT2D eigenvalue weighted by molar-refractivity contribution is -0.432. The molecule has 0 atom stereocenters. The van der Waals surface area contributed by atoms with Crippen LogP contribution in [0.5, 0.6) is 0 Å². The van der Waals surface area contributed by atoms with Crippen molar-refractivity contribution in [1.82, 2.24) is 0 Å². The highest BCUT2D eigenvalue weighted by atomic mass is 32.2. The van der Waals surface area contributed by atoms with Crippen molar-refractivity contribution in [2.75, 3.05) is 13.2 Å². The molecule has 0 unspecified atom stereocenters. The van der Waals surface area contributed by atoms with E-state index >= 15 is 0 Å². The molecule has 3 N–H and O–H groups in total. The molecule has 0 radical (unpaired) electrons. The van der Waals surface area contributed by atoms with Crippen molar-refractivity contribution in [2.24, 2.45) is 0 Å². The fraction of sp³-hybridized carbons (Fsp3) is 0.600. The molecular weight excluding hydrogens is 400 g/mol. The van der Waals surface area contributed by atoms with Crippen molar-refractivity contribution in [1.29, 1.82) is 0 Å². The number of thioether (sulfide) groups is 1. The largest absolute Gasteiger partial charge is 0.396 e. The number of halogens is 4. The quantitative estimate of drug-likeness (QED) is 0.0827. The number of benzene rings is 1. The predicted octanol–water partition coefficient (Wildman–Crippen LogP) is 4.46. The minimum atomic E-state index is -1.65. The molecule has 0 fully saturated rings. The van der Waals surface area contributed by atoms with E-state index < -0.39 is 33.1 Å². The number of hydrogen-bond acceptors (Lipinski definition) is 7. The second-order valence-electron chi connectivity index (χ2n) is 5.32. The number of unbranched alkanes of at least 4 members (excludes halogenated alkanes) is 2. The summed E-state index contributed by atoms with van der Waals surface area (Å²) in [6.45, 7) is -0.0578. The first-order valence-corrected chi connectivity index (χ1v) is 9.49. The summed E-state index contributed by atoms with van der Waals surface area (Å²) in [5, 5.41) is 28.5. The van der Waals surface area contributed by atoms with Crippen molar-refractivity contribution >= 4 is 23.8 Å². The zero-order valence-corrected chi connectivity index (χ0v) is 15.4. The van der Waals surface area contributed by atoms with Crippen LogP contribution in [0.1, 0.15) is 38.5 Å². The molecule has 0 saturated carbocycles. The molecule has 1 aromatic rings. The van der Waals surface area contributed by atoms with Gasteiger partial charge in [0, 0.05) is 18.5 Å². The standard InChI is InChI=1S/C15H20F4O5S2/c16-10-12(18)15(26-24-23-22)13(19)11(17)14(10)25-9(5-1-3-7-20)6-2-4-8-21/h9,20-22H,1-8H2. The number of aliphatic hydroxyl groups is 2. The van der Waals surface area contributed by atoms with Gasteiger partial charge in [-0.1, -0.05) is 17.9 Å². The fourth-order valence-corrected chi connectivity index (χ4v) is 3.93. The van der Waals surface area contributed by atoms with Gasteiger partial charge in [0.05, 0.1) is 16.9 Å². The minimum Gasteiger partial charge on any atom is -0.396 e. The Morgan fingerprint density at radius 2 is 1.23 bits per heavy atom. The van der Waals surface area contributed by atoms with E-state index in [1.807, 2.05) is 0 Å². The Labute approximate surface area is 156 Å². The lowest BCUT2D eigenvalue weighted by Gasteiger charge is -2.18. The van der Waals surface area contributed by atoms with Crippen LogP contribution < -0.4 is 0 Å². The van der Waals surface area contributed by atoms with Crippen LogP contribution in [-0.4, -0.2) is 33.9 Å². The summed E-state index contributed by atoms with van der Waals surface area (Å²) in [6, 6.07) is 0. The van der Waals surface area contributed by atoms with Crippen LogP contribution >= 0.6 is 23.8 Å². The average Bonchev–Trinajstić information content (AvgIpc) is 2.63. The molecule has 11 heteroatoms. The molecule has 0 aliphatic heterocycles. The van der Waals surface area contributed by atoms with Crippen LogP contribution in [0.15, 0.2) is 9.79 Å². The molecule has 0 saturated heterocycles. The van der Waals surface area contributed by atoms with Gasteiger partial charge in [0.25, 0.3) is 0 Å². The van der Waals surface area contributed by atoms with E-state index in [1.165, 1.54) is 0 Å². The first kappa shape index (κ1) is 23.5. The van der Waals surface area contributed by atoms with Gasteiger partial charge >= 0.3 is 0 Å². The summed E-state index contributed by atoms with van der Waals surface area (Å²) in [5.74, 6) is -6.43. The number of aliphatic hydroxyl groups excluding tert-OH is 2. The van der Waals surface area contributed by atoms with Crippen LogP contribution in [0, 0.1) is 23.3 Å². The first-order valence-electron chi connectivity index (χ1n) is 7.86. The van der Waals surface area contributed by atoms with Gasteiger partial charge in [-0.25, -0.2) is 22.8 Å². The van der Waals surface area contributed by atoms with Crippen LogP contribution in [0.4, 0.5) is 17.6 Å². The van der Waals surface area contributed by atoms with Crippen molar-refractivity contribution in [3.05, 3.63) is 23.3 Å². The highest BCUT2D eigenvalue weighted by Gasteiger charge is 2.28. The molecule has 0 aliphatic carbocycles. The maximum atomic E-state index is 14.2. The monoisotopic (exact) mass is 420 g/mol. The summed E-state index contributed by atoms with van der Waals surface area (Å²) in [7, 11) is 0. The van der Waals surface area contributed by atoms with E-state index in [-0.39, 0.29) is 30.5 Å². The van der Waals surface area contributed by atoms with Gasteiger partial charge in [0.2, 0.25) is 0 Å². The smallest absolute Gasteiger partial charge is 0.179 e. The zero-order chi connectivity index (χ0) is 19.5. The first-order chi connectivity index (χ1) is 12.5. The van der Waals surface area contributed by atoms with Gasteiger partial charge in [-0.15, -0.1) is 16.1 Å². The lowest BCUT2D eigenvalue weighted by atomic mass is 10.1. The SMILES string of the molecule is OCCCCC(CCCCO)Sc1c(F)c(F)c(SOOO)c(F)c1F. The molecule has 26 heavy (non-hydrogen) atoms. The van der Waals surface area contributed by atoms with Gasteiger partial charge in [-0.3, -0.25) is 0 Å². The van der Waals surface area contributed by atoms with Gasteiger partial charge in [0.15, 0.2) is 23.3 Å². The topological polar surface area (TPSA) is 79.2 Å². The maximum Gasteiger partial charge on any atom is 0.179 e. The Morgan fingerprint density at radius 3 is 1.65 bits per heavy atom. The van der Waals surface area contributed by atoms with Crippen molar-refractivity contribution in [3.63, 3.8) is 0 Å². The molecule has 0 bridgehead atoms. The molecule has 1 aromatic carbocycles. The van der Waals surface area contributed by atoms with Crippen LogP contribution in [0.2, 0.25) is 0 Å². The Balaban J connectivity index is 3.01. The molecule has 0 amide bonds. The van der Waals surface area contributed by atoms with E-state index in [1.54, 1.807) is 0 Å². The van der Waals surface area contributed by atoms with Crippen molar-refractivity contribution in [2.45, 2.75) is 53.6 Å². The third kappa shape index (κ3) is 6.87. The number of hydrogen-bond donors (Lipinski definition) is 3. The van der Waals surface area contributed by atoms with E-state index in [4.69, 9.17) is 15.5 Å². The van der Waals surface area contributed by atoms with Gasteiger partial charge in [-0.05, 0) is 25.7 Å². The third-order valence-corrected chi connectivity index (χ3v) is 5.54. The Morgan fingerprint density at radius 1 is 0.769 bits per heavy atom. The Bertz CT molecular complexity index is 526. The molecule has 0 aliphatic rings. The van der Waals surface area contributed by atoms with Crippen LogP contribution in [0.3, 0.4) is 0 Å². The number of rotatable bonds is 13. The summed E-state index contributed by atoms with van der Waals surface area (Å²) < 4.78 is 60.3. The van der Waals surface area contributed by atoms with Gasteiger partial charge in [0.1, 0.15) is 4.90 Å². The minimum absolute atomic E-state index is 0.0289. The van der Waals surface area contributed by atoms with Gasteiger partial charge in [-0.2, -0.15) is 0 Å². The third-order valence-electron chi connectivity index (χ3n) is 3.48. The van der Waals surface area contributed by atoms with Crippen LogP contribution in [0.25, 0.3) is 0 Å².